The zero-order chi connectivity index (χ0) is 70.1. The first kappa shape index (κ1) is 75.6. The fourth-order valence-corrected chi connectivity index (χ4v) is 18.2. The lowest BCUT2D eigenvalue weighted by Gasteiger charge is -2.60. The van der Waals surface area contributed by atoms with Gasteiger partial charge in [0.05, 0.1) is 61.5 Å². The van der Waals surface area contributed by atoms with Gasteiger partial charge in [0.25, 0.3) is 0 Å². The lowest BCUT2D eigenvalue weighted by atomic mass is 9.47. The Morgan fingerprint density at radius 2 is 1.05 bits per heavy atom. The number of allylic oxidation sites excluding steroid dienone is 2. The number of fused-ring (bicyclic) bond motifs is 5. The summed E-state index contributed by atoms with van der Waals surface area (Å²) >= 11 is 0. The summed E-state index contributed by atoms with van der Waals surface area (Å²) in [5, 5.41) is 170. The minimum Gasteiger partial charge on any atom is -0.394 e. The Hall–Kier alpha value is -1.51. The molecule has 0 bridgehead atoms. The molecule has 32 nitrogen and oxygen atoms in total. The SMILES string of the molecule is CC(C)C(C)C1OC1C(C)(O)C1CCC2C3CC(OC4OC(C)C(O)C(OC5OCC(OC6OC(CO)C(OC7OC(C)C(O)C(O)C7O)C(O)C6OC6OC(C)C(O)C(O)C6O)C(O)C5OC5OC(C)C(O)C(O)C5O)C4O)C4CC(OS(=O)(=O)O)CCC4(C)C3=CCC21C. The Balaban J connectivity index is 0.864. The van der Waals surface area contributed by atoms with E-state index in [0.717, 1.165) is 12.8 Å². The molecule has 41 atom stereocenters. The van der Waals surface area contributed by atoms with Crippen molar-refractivity contribution in [3.8, 4) is 0 Å². The lowest BCUT2D eigenvalue weighted by molar-refractivity contribution is -0.406. The maximum atomic E-state index is 12.6. The molecule has 0 radical (unpaired) electrons. The van der Waals surface area contributed by atoms with E-state index in [1.807, 2.05) is 6.92 Å². The van der Waals surface area contributed by atoms with Gasteiger partial charge in [0, 0.05) is 0 Å². The smallest absolute Gasteiger partial charge is 0.394 e. The molecular formula is C63H104O32S. The number of hydrogen-bond acceptors (Lipinski definition) is 31. The van der Waals surface area contributed by atoms with Gasteiger partial charge >= 0.3 is 10.4 Å². The largest absolute Gasteiger partial charge is 0.397 e. The van der Waals surface area contributed by atoms with Gasteiger partial charge in [0.2, 0.25) is 0 Å². The predicted molar refractivity (Wildman–Crippen MR) is 320 cm³/mol. The number of hydrogen-bond donors (Lipinski definition) is 16. The molecule has 96 heavy (non-hydrogen) atoms. The molecule has 0 spiro atoms. The monoisotopic (exact) mass is 1400 g/mol. The summed E-state index contributed by atoms with van der Waals surface area (Å²) in [6.45, 7) is 16.5. The molecule has 0 aromatic carbocycles. The molecule has 4 aliphatic carbocycles. The molecule has 7 saturated heterocycles. The van der Waals surface area contributed by atoms with E-state index in [9.17, 15) is 89.6 Å². The lowest BCUT2D eigenvalue weighted by Crippen LogP contribution is -2.68. The number of aliphatic hydroxyl groups excluding tert-OH is 14. The van der Waals surface area contributed by atoms with Crippen LogP contribution >= 0.6 is 0 Å². The highest BCUT2D eigenvalue weighted by Gasteiger charge is 2.67. The second-order valence-corrected chi connectivity index (χ2v) is 31.2. The molecular weight excluding hydrogens is 1300 g/mol. The van der Waals surface area contributed by atoms with Crippen LogP contribution in [-0.2, 0) is 76.2 Å². The zero-order valence-corrected chi connectivity index (χ0v) is 56.4. The van der Waals surface area contributed by atoms with E-state index in [4.69, 9.17) is 65.8 Å². The number of rotatable bonds is 19. The van der Waals surface area contributed by atoms with Crippen molar-refractivity contribution in [3.05, 3.63) is 11.6 Å². The zero-order valence-electron chi connectivity index (χ0n) is 55.6. The van der Waals surface area contributed by atoms with Gasteiger partial charge in [-0.1, -0.05) is 46.3 Å². The van der Waals surface area contributed by atoms with Crippen molar-refractivity contribution in [2.24, 2.45) is 46.3 Å². The van der Waals surface area contributed by atoms with Crippen LogP contribution in [0.1, 0.15) is 114 Å². The third-order valence-corrected chi connectivity index (χ3v) is 24.3. The van der Waals surface area contributed by atoms with Gasteiger partial charge in [-0.05, 0) is 126 Å². The summed E-state index contributed by atoms with van der Waals surface area (Å²) in [6.07, 6.45) is -47.4. The van der Waals surface area contributed by atoms with E-state index >= 15 is 0 Å². The van der Waals surface area contributed by atoms with E-state index in [0.29, 0.717) is 25.2 Å². The van der Waals surface area contributed by atoms with Gasteiger partial charge in [-0.2, -0.15) is 8.42 Å². The molecule has 0 amide bonds. The highest BCUT2D eigenvalue weighted by Crippen LogP contribution is 2.68. The predicted octanol–water partition coefficient (Wildman–Crippen LogP) is -3.77. The Kier molecular flexibility index (Phi) is 22.7. The molecule has 3 saturated carbocycles. The molecule has 554 valence electrons. The van der Waals surface area contributed by atoms with Gasteiger partial charge in [-0.3, -0.25) is 4.55 Å². The maximum absolute atomic E-state index is 12.6. The first-order valence-corrected chi connectivity index (χ1v) is 35.3. The van der Waals surface area contributed by atoms with Crippen molar-refractivity contribution in [1.29, 1.82) is 0 Å². The Morgan fingerprint density at radius 3 is 1.58 bits per heavy atom. The van der Waals surface area contributed by atoms with Crippen LogP contribution in [0.25, 0.3) is 0 Å². The molecule has 7 aliphatic heterocycles. The van der Waals surface area contributed by atoms with Crippen LogP contribution in [0.15, 0.2) is 11.6 Å². The summed E-state index contributed by atoms with van der Waals surface area (Å²) in [5.41, 5.74) is -1.03. The van der Waals surface area contributed by atoms with Gasteiger partial charge in [-0.25, -0.2) is 4.18 Å². The van der Waals surface area contributed by atoms with Gasteiger partial charge in [-0.15, -0.1) is 0 Å². The Labute approximate surface area is 557 Å². The van der Waals surface area contributed by atoms with Crippen LogP contribution in [-0.4, -0.2) is 311 Å². The standard InChI is InChI=1S/C63H104O32S/c1-21(2)22(3)49-54(90-49)63(10,78)35-12-11-29-28-18-32(31-17-27(95-96(79,80)81)13-15-61(31,8)30(28)14-16-62(29,35)9)87-58-48(77)51(39(68)26(7)86-58)92-59-52(93-56-45(74)42(71)37(66)24(5)84-56)40(69)34(20-82-59)89-60-53(94-57-46(75)43(72)38(67)25(6)85-57)47(76)50(33(19-64)88-60)91-55-44(73)41(70)36(65)23(4)83-55/h14,21-29,31-60,64-78H,11-13,15-20H2,1-10H3,(H,79,80,81). The van der Waals surface area contributed by atoms with Gasteiger partial charge in [0.1, 0.15) is 122 Å². The number of ether oxygens (including phenoxy) is 13. The quantitative estimate of drug-likeness (QED) is 0.0335. The van der Waals surface area contributed by atoms with Gasteiger partial charge in [0.15, 0.2) is 37.7 Å². The average molecular weight is 1410 g/mol. The Morgan fingerprint density at radius 1 is 0.552 bits per heavy atom. The molecule has 0 aromatic heterocycles. The molecule has 0 aromatic rings. The normalized spacial score (nSPS) is 54.1. The topological polar surface area (TPSA) is 490 Å². The fourth-order valence-electron chi connectivity index (χ4n) is 17.7. The number of aliphatic hydroxyl groups is 15. The first-order chi connectivity index (χ1) is 44.9. The first-order valence-electron chi connectivity index (χ1n) is 33.9. The van der Waals surface area contributed by atoms with Crippen molar-refractivity contribution in [2.75, 3.05) is 13.2 Å². The highest BCUT2D eigenvalue weighted by molar-refractivity contribution is 7.80. The summed E-state index contributed by atoms with van der Waals surface area (Å²) < 4.78 is 120. The molecule has 16 N–H and O–H groups in total. The average Bonchev–Trinajstić information content (AvgIpc) is 1.39. The summed E-state index contributed by atoms with van der Waals surface area (Å²) in [4.78, 5) is 0. The Bertz CT molecular complexity index is 2770. The van der Waals surface area contributed by atoms with E-state index in [-0.39, 0.29) is 48.7 Å². The third kappa shape index (κ3) is 14.2. The second-order valence-electron chi connectivity index (χ2n) is 30.1. The van der Waals surface area contributed by atoms with Crippen LogP contribution in [0.2, 0.25) is 0 Å². The third-order valence-electron chi connectivity index (χ3n) is 23.8. The van der Waals surface area contributed by atoms with Gasteiger partial charge < -0.3 is 138 Å². The van der Waals surface area contributed by atoms with Crippen molar-refractivity contribution in [2.45, 2.75) is 322 Å². The highest BCUT2D eigenvalue weighted by atomic mass is 32.3. The van der Waals surface area contributed by atoms with E-state index < -0.39 is 236 Å². The van der Waals surface area contributed by atoms with Crippen LogP contribution in [0, 0.1) is 46.3 Å². The molecule has 33 heteroatoms. The number of epoxide rings is 1. The molecule has 11 aliphatic rings. The molecule has 10 fully saturated rings. The summed E-state index contributed by atoms with van der Waals surface area (Å²) in [5.74, 6) is -0.186. The second kappa shape index (κ2) is 28.9. The van der Waals surface area contributed by atoms with Crippen LogP contribution < -0.4 is 0 Å². The molecule has 41 unspecified atom stereocenters. The summed E-state index contributed by atoms with van der Waals surface area (Å²) in [6, 6.07) is 0. The van der Waals surface area contributed by atoms with Crippen LogP contribution in [0.4, 0.5) is 0 Å². The van der Waals surface area contributed by atoms with Crippen molar-refractivity contribution < 1.29 is 155 Å². The van der Waals surface area contributed by atoms with Crippen molar-refractivity contribution >= 4 is 10.4 Å². The molecule has 11 rings (SSSR count). The van der Waals surface area contributed by atoms with Crippen LogP contribution in [0.5, 0.6) is 0 Å². The minimum absolute atomic E-state index is 0.0339. The van der Waals surface area contributed by atoms with E-state index in [1.165, 1.54) is 33.3 Å². The fraction of sp³-hybridized carbons (Fsp3) is 0.968. The summed E-state index contributed by atoms with van der Waals surface area (Å²) in [7, 11) is -4.90. The van der Waals surface area contributed by atoms with E-state index in [1.54, 1.807) is 0 Å². The maximum Gasteiger partial charge on any atom is 0.397 e. The van der Waals surface area contributed by atoms with E-state index in [2.05, 4.69) is 40.7 Å². The molecule has 7 heterocycles. The van der Waals surface area contributed by atoms with Crippen LogP contribution in [0.3, 0.4) is 0 Å². The van der Waals surface area contributed by atoms with Crippen molar-refractivity contribution in [1.82, 2.24) is 0 Å². The van der Waals surface area contributed by atoms with Crippen molar-refractivity contribution in [3.63, 3.8) is 0 Å². The minimum atomic E-state index is -4.90.